The van der Waals surface area contributed by atoms with E-state index in [4.69, 9.17) is 5.73 Å². The molecule has 0 saturated carbocycles. The first-order valence-electron chi connectivity index (χ1n) is 4.85. The lowest BCUT2D eigenvalue weighted by atomic mass is 10.0. The maximum absolute atomic E-state index is 10.9. The SMILES string of the molecule is CC(C(N)=O)N(C)C1CCCNC1. The first-order chi connectivity index (χ1) is 6.13. The molecular formula is C9H19N3O. The van der Waals surface area contributed by atoms with E-state index in [9.17, 15) is 4.79 Å². The number of carbonyl (C=O) groups is 1. The predicted octanol–water partition coefficient (Wildman–Crippen LogP) is -0.456. The maximum Gasteiger partial charge on any atom is 0.234 e. The van der Waals surface area contributed by atoms with Gasteiger partial charge in [0.25, 0.3) is 0 Å². The van der Waals surface area contributed by atoms with E-state index in [1.54, 1.807) is 0 Å². The van der Waals surface area contributed by atoms with Gasteiger partial charge >= 0.3 is 0 Å². The summed E-state index contributed by atoms with van der Waals surface area (Å²) in [5, 5.41) is 3.32. The summed E-state index contributed by atoms with van der Waals surface area (Å²) in [6.45, 7) is 3.92. The fourth-order valence-corrected chi connectivity index (χ4v) is 1.70. The van der Waals surface area contributed by atoms with Crippen molar-refractivity contribution in [1.29, 1.82) is 0 Å². The molecule has 0 bridgehead atoms. The Balaban J connectivity index is 2.44. The molecule has 2 atom stereocenters. The molecule has 2 unspecified atom stereocenters. The molecule has 1 heterocycles. The molecule has 4 nitrogen and oxygen atoms in total. The van der Waals surface area contributed by atoms with Gasteiger partial charge in [0.05, 0.1) is 6.04 Å². The number of amides is 1. The number of nitrogens with zero attached hydrogens (tertiary/aromatic N) is 1. The molecule has 0 aromatic rings. The van der Waals surface area contributed by atoms with Crippen LogP contribution in [0.4, 0.5) is 0 Å². The third kappa shape index (κ3) is 2.67. The predicted molar refractivity (Wildman–Crippen MR) is 52.3 cm³/mol. The Hall–Kier alpha value is -0.610. The van der Waals surface area contributed by atoms with Gasteiger partial charge < -0.3 is 11.1 Å². The molecule has 0 radical (unpaired) electrons. The van der Waals surface area contributed by atoms with Gasteiger partial charge in [-0.05, 0) is 33.4 Å². The number of hydrogen-bond acceptors (Lipinski definition) is 3. The molecule has 3 N–H and O–H groups in total. The number of likely N-dealkylation sites (N-methyl/N-ethyl adjacent to an activating group) is 1. The second-order valence-electron chi connectivity index (χ2n) is 3.74. The average molecular weight is 185 g/mol. The smallest absolute Gasteiger partial charge is 0.234 e. The van der Waals surface area contributed by atoms with Gasteiger partial charge in [-0.1, -0.05) is 0 Å². The molecule has 1 amide bonds. The first-order valence-corrected chi connectivity index (χ1v) is 4.85. The molecular weight excluding hydrogens is 166 g/mol. The lowest BCUT2D eigenvalue weighted by Crippen LogP contribution is -2.51. The van der Waals surface area contributed by atoms with Crippen LogP contribution in [-0.2, 0) is 4.79 Å². The summed E-state index contributed by atoms with van der Waals surface area (Å²) in [7, 11) is 1.97. The van der Waals surface area contributed by atoms with Gasteiger partial charge in [-0.15, -0.1) is 0 Å². The van der Waals surface area contributed by atoms with Crippen molar-refractivity contribution in [1.82, 2.24) is 10.2 Å². The molecule has 4 heteroatoms. The Morgan fingerprint density at radius 1 is 1.69 bits per heavy atom. The van der Waals surface area contributed by atoms with E-state index in [0.717, 1.165) is 19.5 Å². The van der Waals surface area contributed by atoms with Crippen molar-refractivity contribution in [3.63, 3.8) is 0 Å². The fourth-order valence-electron chi connectivity index (χ4n) is 1.70. The Morgan fingerprint density at radius 2 is 2.38 bits per heavy atom. The molecule has 76 valence electrons. The zero-order chi connectivity index (χ0) is 9.84. The molecule has 0 aromatic carbocycles. The van der Waals surface area contributed by atoms with Crippen LogP contribution in [0.3, 0.4) is 0 Å². The number of rotatable bonds is 3. The van der Waals surface area contributed by atoms with Crippen LogP contribution in [-0.4, -0.2) is 43.0 Å². The lowest BCUT2D eigenvalue weighted by molar-refractivity contribution is -0.123. The Morgan fingerprint density at radius 3 is 2.85 bits per heavy atom. The number of hydrogen-bond donors (Lipinski definition) is 2. The summed E-state index contributed by atoms with van der Waals surface area (Å²) in [6, 6.07) is 0.293. The fraction of sp³-hybridized carbons (Fsp3) is 0.889. The number of carbonyl (C=O) groups excluding carboxylic acids is 1. The van der Waals surface area contributed by atoms with Crippen molar-refractivity contribution >= 4 is 5.91 Å². The minimum atomic E-state index is -0.243. The standard InChI is InChI=1S/C9H19N3O/c1-7(9(10)13)12(2)8-4-3-5-11-6-8/h7-8,11H,3-6H2,1-2H3,(H2,10,13). The monoisotopic (exact) mass is 185 g/mol. The van der Waals surface area contributed by atoms with Crippen molar-refractivity contribution in [3.8, 4) is 0 Å². The number of piperidine rings is 1. The van der Waals surface area contributed by atoms with Crippen LogP contribution in [0.1, 0.15) is 19.8 Å². The topological polar surface area (TPSA) is 58.4 Å². The van der Waals surface area contributed by atoms with E-state index in [1.165, 1.54) is 6.42 Å². The van der Waals surface area contributed by atoms with Gasteiger partial charge in [0.1, 0.15) is 0 Å². The highest BCUT2D eigenvalue weighted by molar-refractivity contribution is 5.79. The van der Waals surface area contributed by atoms with Crippen LogP contribution in [0.25, 0.3) is 0 Å². The van der Waals surface area contributed by atoms with E-state index in [0.29, 0.717) is 6.04 Å². The molecule has 1 fully saturated rings. The highest BCUT2D eigenvalue weighted by Crippen LogP contribution is 2.10. The van der Waals surface area contributed by atoms with Crippen LogP contribution >= 0.6 is 0 Å². The van der Waals surface area contributed by atoms with Crippen LogP contribution in [0.5, 0.6) is 0 Å². The summed E-state index contributed by atoms with van der Waals surface area (Å²) in [6.07, 6.45) is 2.33. The van der Waals surface area contributed by atoms with E-state index in [-0.39, 0.29) is 11.9 Å². The van der Waals surface area contributed by atoms with Gasteiger partial charge in [-0.25, -0.2) is 0 Å². The molecule has 0 spiro atoms. The minimum absolute atomic E-state index is 0.162. The molecule has 0 aliphatic carbocycles. The van der Waals surface area contributed by atoms with Gasteiger partial charge in [0, 0.05) is 12.6 Å². The Labute approximate surface area is 79.5 Å². The maximum atomic E-state index is 10.9. The first kappa shape index (κ1) is 10.5. The molecule has 0 aromatic heterocycles. The normalized spacial score (nSPS) is 25.9. The van der Waals surface area contributed by atoms with Crippen molar-refractivity contribution < 1.29 is 4.79 Å². The Bertz CT molecular complexity index is 178. The van der Waals surface area contributed by atoms with Gasteiger partial charge in [-0.2, -0.15) is 0 Å². The largest absolute Gasteiger partial charge is 0.368 e. The number of nitrogens with one attached hydrogen (secondary N) is 1. The van der Waals surface area contributed by atoms with Crippen LogP contribution in [0.2, 0.25) is 0 Å². The Kier molecular flexibility index (Phi) is 3.69. The molecule has 1 saturated heterocycles. The molecule has 1 rings (SSSR count). The van der Waals surface area contributed by atoms with E-state index >= 15 is 0 Å². The zero-order valence-electron chi connectivity index (χ0n) is 8.42. The highest BCUT2D eigenvalue weighted by Gasteiger charge is 2.24. The third-order valence-electron chi connectivity index (χ3n) is 2.87. The number of primary amides is 1. The van der Waals surface area contributed by atoms with Gasteiger partial charge in [-0.3, -0.25) is 9.69 Å². The van der Waals surface area contributed by atoms with E-state index in [1.807, 2.05) is 14.0 Å². The summed E-state index contributed by atoms with van der Waals surface area (Å²) < 4.78 is 0. The molecule has 1 aliphatic heterocycles. The number of nitrogens with two attached hydrogens (primary N) is 1. The quantitative estimate of drug-likeness (QED) is 0.626. The third-order valence-corrected chi connectivity index (χ3v) is 2.87. The van der Waals surface area contributed by atoms with E-state index in [2.05, 4.69) is 10.2 Å². The summed E-state index contributed by atoms with van der Waals surface area (Å²) in [5.41, 5.74) is 5.24. The second-order valence-corrected chi connectivity index (χ2v) is 3.74. The van der Waals surface area contributed by atoms with Gasteiger partial charge in [0.15, 0.2) is 0 Å². The molecule has 13 heavy (non-hydrogen) atoms. The van der Waals surface area contributed by atoms with Gasteiger partial charge in [0.2, 0.25) is 5.91 Å². The lowest BCUT2D eigenvalue weighted by Gasteiger charge is -2.34. The molecule has 1 aliphatic rings. The second kappa shape index (κ2) is 4.58. The van der Waals surface area contributed by atoms with Crippen molar-refractivity contribution in [2.45, 2.75) is 31.8 Å². The minimum Gasteiger partial charge on any atom is -0.368 e. The van der Waals surface area contributed by atoms with Crippen LogP contribution in [0.15, 0.2) is 0 Å². The summed E-state index contributed by atoms with van der Waals surface area (Å²) in [5.74, 6) is -0.243. The summed E-state index contributed by atoms with van der Waals surface area (Å²) >= 11 is 0. The van der Waals surface area contributed by atoms with Crippen molar-refractivity contribution in [3.05, 3.63) is 0 Å². The highest BCUT2D eigenvalue weighted by atomic mass is 16.1. The van der Waals surface area contributed by atoms with Crippen LogP contribution < -0.4 is 11.1 Å². The zero-order valence-corrected chi connectivity index (χ0v) is 8.42. The van der Waals surface area contributed by atoms with E-state index < -0.39 is 0 Å². The van der Waals surface area contributed by atoms with Crippen LogP contribution in [0, 0.1) is 0 Å². The summed E-state index contributed by atoms with van der Waals surface area (Å²) in [4.78, 5) is 13.0. The van der Waals surface area contributed by atoms with Crippen molar-refractivity contribution in [2.75, 3.05) is 20.1 Å². The average Bonchev–Trinajstić information content (AvgIpc) is 2.17. The van der Waals surface area contributed by atoms with Crippen molar-refractivity contribution in [2.24, 2.45) is 5.73 Å².